The minimum Gasteiger partial charge on any atom is -0.452 e. The van der Waals surface area contributed by atoms with Crippen LogP contribution in [0.4, 0.5) is 10.1 Å². The molecule has 1 aliphatic heterocycles. The molecule has 29 heavy (non-hydrogen) atoms. The Balaban J connectivity index is 1.65. The number of hydrogen-bond acceptors (Lipinski definition) is 5. The highest BCUT2D eigenvalue weighted by atomic mass is 35.5. The second-order valence-corrected chi connectivity index (χ2v) is 8.73. The fraction of sp³-hybridized carbons (Fsp3) is 0.263. The van der Waals surface area contributed by atoms with Gasteiger partial charge in [0, 0.05) is 13.1 Å². The number of benzene rings is 2. The number of sulfonamides is 1. The molecule has 0 aromatic heterocycles. The van der Waals surface area contributed by atoms with Crippen LogP contribution >= 0.6 is 11.6 Å². The summed E-state index contributed by atoms with van der Waals surface area (Å²) in [4.78, 5) is 24.0. The molecule has 0 spiro atoms. The van der Waals surface area contributed by atoms with Gasteiger partial charge < -0.3 is 10.1 Å². The normalized spacial score (nSPS) is 14.6. The Morgan fingerprint density at radius 3 is 2.41 bits per heavy atom. The molecule has 1 heterocycles. The van der Waals surface area contributed by atoms with Gasteiger partial charge in [0.25, 0.3) is 5.91 Å². The SMILES string of the molecule is O=C(COC(=O)c1ccc(F)cc1)Nc1cc(S(=O)(=O)N2CCCC2)ccc1Cl. The number of hydrogen-bond donors (Lipinski definition) is 1. The van der Waals surface area contributed by atoms with E-state index in [4.69, 9.17) is 16.3 Å². The Hall–Kier alpha value is -2.49. The summed E-state index contributed by atoms with van der Waals surface area (Å²) >= 11 is 6.06. The van der Waals surface area contributed by atoms with E-state index in [1.54, 1.807) is 0 Å². The van der Waals surface area contributed by atoms with E-state index in [1.807, 2.05) is 0 Å². The molecule has 0 radical (unpaired) electrons. The average Bonchev–Trinajstić information content (AvgIpc) is 3.24. The van der Waals surface area contributed by atoms with Crippen molar-refractivity contribution in [3.8, 4) is 0 Å². The number of esters is 1. The van der Waals surface area contributed by atoms with E-state index in [9.17, 15) is 22.4 Å². The highest BCUT2D eigenvalue weighted by Crippen LogP contribution is 2.28. The van der Waals surface area contributed by atoms with Gasteiger partial charge in [0.05, 0.1) is 21.2 Å². The molecular formula is C19H18ClFN2O5S. The Kier molecular flexibility index (Phi) is 6.51. The van der Waals surface area contributed by atoms with Gasteiger partial charge in [-0.2, -0.15) is 4.31 Å². The number of nitrogens with zero attached hydrogens (tertiary/aromatic N) is 1. The van der Waals surface area contributed by atoms with Crippen LogP contribution in [0.2, 0.25) is 5.02 Å². The lowest BCUT2D eigenvalue weighted by molar-refractivity contribution is -0.119. The van der Waals surface area contributed by atoms with E-state index in [0.717, 1.165) is 25.0 Å². The van der Waals surface area contributed by atoms with Crippen LogP contribution in [0.1, 0.15) is 23.2 Å². The summed E-state index contributed by atoms with van der Waals surface area (Å²) in [6.45, 7) is 0.285. The van der Waals surface area contributed by atoms with E-state index >= 15 is 0 Å². The van der Waals surface area contributed by atoms with Crippen LogP contribution in [-0.4, -0.2) is 44.3 Å². The maximum Gasteiger partial charge on any atom is 0.338 e. The molecule has 7 nitrogen and oxygen atoms in total. The minimum absolute atomic E-state index is 0.0161. The monoisotopic (exact) mass is 440 g/mol. The van der Waals surface area contributed by atoms with Crippen molar-refractivity contribution < 1.29 is 27.1 Å². The fourth-order valence-electron chi connectivity index (χ4n) is 2.82. The van der Waals surface area contributed by atoms with Crippen LogP contribution in [0.5, 0.6) is 0 Å². The Labute approximate surface area is 172 Å². The Morgan fingerprint density at radius 1 is 1.10 bits per heavy atom. The second-order valence-electron chi connectivity index (χ2n) is 6.38. The van der Waals surface area contributed by atoms with Crippen molar-refractivity contribution >= 4 is 39.2 Å². The molecule has 0 unspecified atom stereocenters. The van der Waals surface area contributed by atoms with Crippen LogP contribution in [0.15, 0.2) is 47.4 Å². The molecule has 1 saturated heterocycles. The number of amides is 1. The third-order valence-electron chi connectivity index (χ3n) is 4.33. The number of rotatable bonds is 6. The Bertz CT molecular complexity index is 1020. The maximum absolute atomic E-state index is 12.9. The van der Waals surface area contributed by atoms with Crippen molar-refractivity contribution in [1.29, 1.82) is 0 Å². The molecule has 154 valence electrons. The van der Waals surface area contributed by atoms with Gasteiger partial charge in [0.15, 0.2) is 6.61 Å². The molecule has 0 aliphatic carbocycles. The van der Waals surface area contributed by atoms with Gasteiger partial charge in [-0.1, -0.05) is 11.6 Å². The molecule has 0 atom stereocenters. The zero-order chi connectivity index (χ0) is 21.0. The van der Waals surface area contributed by atoms with Crippen LogP contribution in [-0.2, 0) is 19.6 Å². The predicted molar refractivity (Wildman–Crippen MR) is 105 cm³/mol. The van der Waals surface area contributed by atoms with Crippen molar-refractivity contribution in [3.05, 3.63) is 58.9 Å². The number of ether oxygens (including phenoxy) is 1. The minimum atomic E-state index is -3.67. The van der Waals surface area contributed by atoms with Gasteiger partial charge in [-0.25, -0.2) is 17.6 Å². The fourth-order valence-corrected chi connectivity index (χ4v) is 4.53. The molecule has 1 aliphatic rings. The lowest BCUT2D eigenvalue weighted by atomic mass is 10.2. The topological polar surface area (TPSA) is 92.8 Å². The van der Waals surface area contributed by atoms with Crippen LogP contribution in [0.3, 0.4) is 0 Å². The third kappa shape index (κ3) is 5.11. The number of carbonyl (C=O) groups is 2. The summed E-state index contributed by atoms with van der Waals surface area (Å²) in [5.74, 6) is -1.99. The largest absolute Gasteiger partial charge is 0.452 e. The van der Waals surface area contributed by atoms with E-state index in [2.05, 4.69) is 5.32 Å². The van der Waals surface area contributed by atoms with Crippen molar-refractivity contribution in [2.24, 2.45) is 0 Å². The lowest BCUT2D eigenvalue weighted by Crippen LogP contribution is -2.28. The number of anilines is 1. The quantitative estimate of drug-likeness (QED) is 0.697. The molecule has 10 heteroatoms. The molecule has 0 saturated carbocycles. The zero-order valence-electron chi connectivity index (χ0n) is 15.2. The van der Waals surface area contributed by atoms with Crippen molar-refractivity contribution in [1.82, 2.24) is 4.31 Å². The van der Waals surface area contributed by atoms with Crippen LogP contribution < -0.4 is 5.32 Å². The zero-order valence-corrected chi connectivity index (χ0v) is 16.8. The highest BCUT2D eigenvalue weighted by molar-refractivity contribution is 7.89. The predicted octanol–water partition coefficient (Wildman–Crippen LogP) is 3.06. The summed E-state index contributed by atoms with van der Waals surface area (Å²) in [5.41, 5.74) is 0.186. The van der Waals surface area contributed by atoms with Gasteiger partial charge in [0.2, 0.25) is 10.0 Å². The first-order chi connectivity index (χ1) is 13.8. The summed E-state index contributed by atoms with van der Waals surface area (Å²) in [6, 6.07) is 8.70. The smallest absolute Gasteiger partial charge is 0.338 e. The first-order valence-corrected chi connectivity index (χ1v) is 10.6. The molecule has 3 rings (SSSR count). The second kappa shape index (κ2) is 8.89. The van der Waals surface area contributed by atoms with E-state index in [0.29, 0.717) is 13.1 Å². The first-order valence-electron chi connectivity index (χ1n) is 8.79. The summed E-state index contributed by atoms with van der Waals surface area (Å²) < 4.78 is 44.5. The van der Waals surface area contributed by atoms with Crippen molar-refractivity contribution in [2.45, 2.75) is 17.7 Å². The summed E-state index contributed by atoms with van der Waals surface area (Å²) in [5, 5.41) is 2.58. The van der Waals surface area contributed by atoms with E-state index in [-0.39, 0.29) is 21.2 Å². The molecule has 1 N–H and O–H groups in total. The van der Waals surface area contributed by atoms with E-state index < -0.39 is 34.3 Å². The average molecular weight is 441 g/mol. The molecule has 2 aromatic rings. The van der Waals surface area contributed by atoms with Gasteiger partial charge >= 0.3 is 5.97 Å². The Morgan fingerprint density at radius 2 is 1.76 bits per heavy atom. The van der Waals surface area contributed by atoms with Crippen molar-refractivity contribution in [2.75, 3.05) is 25.0 Å². The first kappa shape index (κ1) is 21.2. The summed E-state index contributed by atoms with van der Waals surface area (Å²) in [7, 11) is -3.67. The standard InChI is InChI=1S/C19H18ClFN2O5S/c20-16-8-7-15(29(26,27)23-9-1-2-10-23)11-17(16)22-18(24)12-28-19(25)13-3-5-14(21)6-4-13/h3-8,11H,1-2,9-10,12H2,(H,22,24). The van der Waals surface area contributed by atoms with Crippen LogP contribution in [0, 0.1) is 5.82 Å². The lowest BCUT2D eigenvalue weighted by Gasteiger charge is -2.16. The van der Waals surface area contributed by atoms with E-state index in [1.165, 1.54) is 34.6 Å². The third-order valence-corrected chi connectivity index (χ3v) is 6.55. The maximum atomic E-state index is 12.9. The van der Waals surface area contributed by atoms with Gasteiger partial charge in [-0.15, -0.1) is 0 Å². The van der Waals surface area contributed by atoms with Gasteiger partial charge in [-0.3, -0.25) is 4.79 Å². The number of halogens is 2. The molecular weight excluding hydrogens is 423 g/mol. The van der Waals surface area contributed by atoms with Crippen molar-refractivity contribution in [3.63, 3.8) is 0 Å². The summed E-state index contributed by atoms with van der Waals surface area (Å²) in [6.07, 6.45) is 1.60. The highest BCUT2D eigenvalue weighted by Gasteiger charge is 2.27. The number of nitrogens with one attached hydrogen (secondary N) is 1. The molecule has 1 amide bonds. The molecule has 0 bridgehead atoms. The number of carbonyl (C=O) groups excluding carboxylic acids is 2. The molecule has 1 fully saturated rings. The van der Waals surface area contributed by atoms with Gasteiger partial charge in [0.1, 0.15) is 5.82 Å². The molecule has 2 aromatic carbocycles. The van der Waals surface area contributed by atoms with Crippen LogP contribution in [0.25, 0.3) is 0 Å². The van der Waals surface area contributed by atoms with Gasteiger partial charge in [-0.05, 0) is 55.3 Å².